The predicted molar refractivity (Wildman–Crippen MR) is 44.5 cm³/mol. The van der Waals surface area contributed by atoms with Crippen LogP contribution in [0.1, 0.15) is 6.42 Å². The highest BCUT2D eigenvalue weighted by atomic mass is 15.3. The normalized spacial score (nSPS) is 30.5. The van der Waals surface area contributed by atoms with Crippen LogP contribution in [0.25, 0.3) is 0 Å². The predicted octanol–water partition coefficient (Wildman–Crippen LogP) is -1.02. The number of nitrogens with one attached hydrogen (secondary N) is 1. The molecule has 4 nitrogen and oxygen atoms in total. The number of likely N-dealkylation sites (tertiary alicyclic amines) is 1. The van der Waals surface area contributed by atoms with E-state index in [9.17, 15) is 0 Å². The Bertz CT molecular complexity index is 177. The summed E-state index contributed by atoms with van der Waals surface area (Å²) in [6.45, 7) is 3.93. The fourth-order valence-corrected chi connectivity index (χ4v) is 1.58. The van der Waals surface area contributed by atoms with E-state index in [1.54, 1.807) is 0 Å². The molecule has 3 N–H and O–H groups in total. The van der Waals surface area contributed by atoms with Crippen LogP contribution in [0, 0.1) is 0 Å². The van der Waals surface area contributed by atoms with Gasteiger partial charge in [0, 0.05) is 25.7 Å². The minimum absolute atomic E-state index is 0.347. The second kappa shape index (κ2) is 2.70. The summed E-state index contributed by atoms with van der Waals surface area (Å²) in [4.78, 5) is 6.56. The Morgan fingerprint density at radius 3 is 3.09 bits per heavy atom. The van der Waals surface area contributed by atoms with E-state index in [0.29, 0.717) is 6.04 Å². The first-order valence-electron chi connectivity index (χ1n) is 4.15. The Labute approximate surface area is 66.5 Å². The molecule has 0 saturated carbocycles. The maximum Gasteiger partial charge on any atom is 0.194 e. The fourth-order valence-electron chi connectivity index (χ4n) is 1.58. The van der Waals surface area contributed by atoms with Gasteiger partial charge in [-0.05, 0) is 6.42 Å². The topological polar surface area (TPSA) is 53.6 Å². The van der Waals surface area contributed by atoms with Crippen LogP contribution < -0.4 is 11.1 Å². The summed E-state index contributed by atoms with van der Waals surface area (Å²) in [5.41, 5.74) is 5.77. The van der Waals surface area contributed by atoms with E-state index in [4.69, 9.17) is 5.73 Å². The number of hydrogen-bond donors (Lipinski definition) is 2. The molecule has 2 aliphatic rings. The van der Waals surface area contributed by atoms with Gasteiger partial charge in [0.15, 0.2) is 5.96 Å². The van der Waals surface area contributed by atoms with Gasteiger partial charge in [-0.15, -0.1) is 0 Å². The Morgan fingerprint density at radius 1 is 1.64 bits per heavy atom. The average Bonchev–Trinajstić information content (AvgIpc) is 2.55. The Hall–Kier alpha value is -0.770. The van der Waals surface area contributed by atoms with Crippen molar-refractivity contribution in [1.29, 1.82) is 0 Å². The zero-order valence-corrected chi connectivity index (χ0v) is 6.58. The van der Waals surface area contributed by atoms with E-state index < -0.39 is 0 Å². The monoisotopic (exact) mass is 154 g/mol. The molecule has 2 heterocycles. The summed E-state index contributed by atoms with van der Waals surface area (Å²) in [6.07, 6.45) is 1.10. The summed E-state index contributed by atoms with van der Waals surface area (Å²) in [5, 5.41) is 3.24. The standard InChI is InChI=1S/C7H14N4/c8-6-1-4-11(5-6)7-9-2-3-10-7/h6H,1-5,8H2,(H,9,10)/t6-/m1/s1. The van der Waals surface area contributed by atoms with Crippen molar-refractivity contribution in [3.63, 3.8) is 0 Å². The zero-order valence-electron chi connectivity index (χ0n) is 6.58. The van der Waals surface area contributed by atoms with E-state index >= 15 is 0 Å². The van der Waals surface area contributed by atoms with Crippen molar-refractivity contribution in [1.82, 2.24) is 10.2 Å². The second-order valence-corrected chi connectivity index (χ2v) is 3.13. The average molecular weight is 154 g/mol. The van der Waals surface area contributed by atoms with Crippen molar-refractivity contribution in [3.05, 3.63) is 0 Å². The van der Waals surface area contributed by atoms with Crippen LogP contribution >= 0.6 is 0 Å². The van der Waals surface area contributed by atoms with Crippen LogP contribution in [0.3, 0.4) is 0 Å². The highest BCUT2D eigenvalue weighted by Crippen LogP contribution is 2.07. The van der Waals surface area contributed by atoms with Crippen LogP contribution in [-0.4, -0.2) is 43.1 Å². The fraction of sp³-hybridized carbons (Fsp3) is 0.857. The molecule has 0 aromatic rings. The van der Waals surface area contributed by atoms with Gasteiger partial charge in [0.05, 0.1) is 6.54 Å². The molecule has 0 aromatic carbocycles. The van der Waals surface area contributed by atoms with Gasteiger partial charge in [0.25, 0.3) is 0 Å². The van der Waals surface area contributed by atoms with Gasteiger partial charge in [0.2, 0.25) is 0 Å². The maximum atomic E-state index is 5.77. The first kappa shape index (κ1) is 6.91. The molecule has 2 rings (SSSR count). The van der Waals surface area contributed by atoms with Crippen molar-refractivity contribution in [2.45, 2.75) is 12.5 Å². The molecule has 0 aromatic heterocycles. The largest absolute Gasteiger partial charge is 0.354 e. The van der Waals surface area contributed by atoms with Gasteiger partial charge in [-0.1, -0.05) is 0 Å². The van der Waals surface area contributed by atoms with E-state index in [0.717, 1.165) is 38.6 Å². The lowest BCUT2D eigenvalue weighted by Crippen LogP contribution is -2.38. The lowest BCUT2D eigenvalue weighted by Gasteiger charge is -2.17. The van der Waals surface area contributed by atoms with Crippen molar-refractivity contribution in [3.8, 4) is 0 Å². The molecule has 0 aliphatic carbocycles. The number of aliphatic imine (C=N–C) groups is 1. The summed E-state index contributed by atoms with van der Waals surface area (Å²) in [7, 11) is 0. The van der Waals surface area contributed by atoms with Crippen LogP contribution in [-0.2, 0) is 0 Å². The Morgan fingerprint density at radius 2 is 2.55 bits per heavy atom. The maximum absolute atomic E-state index is 5.77. The van der Waals surface area contributed by atoms with Crippen LogP contribution in [0.2, 0.25) is 0 Å². The smallest absolute Gasteiger partial charge is 0.194 e. The van der Waals surface area contributed by atoms with Crippen molar-refractivity contribution >= 4 is 5.96 Å². The molecule has 62 valence electrons. The molecule has 1 atom stereocenters. The highest BCUT2D eigenvalue weighted by Gasteiger charge is 2.22. The molecule has 0 amide bonds. The van der Waals surface area contributed by atoms with E-state index in [2.05, 4.69) is 15.2 Å². The van der Waals surface area contributed by atoms with Gasteiger partial charge in [-0.2, -0.15) is 0 Å². The highest BCUT2D eigenvalue weighted by molar-refractivity contribution is 5.81. The molecular formula is C7H14N4. The number of nitrogens with two attached hydrogens (primary N) is 1. The molecule has 1 fully saturated rings. The third-order valence-corrected chi connectivity index (χ3v) is 2.18. The lowest BCUT2D eigenvalue weighted by molar-refractivity contribution is 0.495. The molecule has 0 radical (unpaired) electrons. The summed E-state index contributed by atoms with van der Waals surface area (Å²) in [6, 6.07) is 0.347. The Balaban J connectivity index is 1.95. The SMILES string of the molecule is N[C@@H]1CCN(C2=NCCN2)C1. The van der Waals surface area contributed by atoms with Crippen molar-refractivity contribution in [2.75, 3.05) is 26.2 Å². The van der Waals surface area contributed by atoms with Gasteiger partial charge >= 0.3 is 0 Å². The Kier molecular flexibility index (Phi) is 1.69. The second-order valence-electron chi connectivity index (χ2n) is 3.13. The van der Waals surface area contributed by atoms with Crippen LogP contribution in [0.5, 0.6) is 0 Å². The number of nitrogens with zero attached hydrogens (tertiary/aromatic N) is 2. The summed E-state index contributed by atoms with van der Waals surface area (Å²) >= 11 is 0. The van der Waals surface area contributed by atoms with Gasteiger partial charge < -0.3 is 16.0 Å². The quantitative estimate of drug-likeness (QED) is 0.469. The third-order valence-electron chi connectivity index (χ3n) is 2.18. The van der Waals surface area contributed by atoms with Crippen LogP contribution in [0.15, 0.2) is 4.99 Å². The van der Waals surface area contributed by atoms with E-state index in [1.807, 2.05) is 0 Å². The lowest BCUT2D eigenvalue weighted by atomic mass is 10.3. The van der Waals surface area contributed by atoms with Crippen LogP contribution in [0.4, 0.5) is 0 Å². The first-order valence-corrected chi connectivity index (χ1v) is 4.15. The minimum Gasteiger partial charge on any atom is -0.354 e. The molecule has 1 saturated heterocycles. The molecule has 0 bridgehead atoms. The van der Waals surface area contributed by atoms with Gasteiger partial charge in [-0.3, -0.25) is 4.99 Å². The number of rotatable bonds is 0. The minimum atomic E-state index is 0.347. The van der Waals surface area contributed by atoms with Gasteiger partial charge in [0.1, 0.15) is 0 Å². The zero-order chi connectivity index (χ0) is 7.68. The summed E-state index contributed by atoms with van der Waals surface area (Å²) in [5.74, 6) is 1.05. The molecule has 2 aliphatic heterocycles. The van der Waals surface area contributed by atoms with Crippen molar-refractivity contribution in [2.24, 2.45) is 10.7 Å². The number of hydrogen-bond acceptors (Lipinski definition) is 4. The first-order chi connectivity index (χ1) is 5.36. The molecular weight excluding hydrogens is 140 g/mol. The molecule has 11 heavy (non-hydrogen) atoms. The van der Waals surface area contributed by atoms with Gasteiger partial charge in [-0.25, -0.2) is 0 Å². The van der Waals surface area contributed by atoms with E-state index in [1.165, 1.54) is 0 Å². The van der Waals surface area contributed by atoms with Crippen molar-refractivity contribution < 1.29 is 0 Å². The molecule has 0 spiro atoms. The summed E-state index contributed by atoms with van der Waals surface area (Å²) < 4.78 is 0. The third kappa shape index (κ3) is 1.30. The molecule has 0 unspecified atom stereocenters. The van der Waals surface area contributed by atoms with E-state index in [-0.39, 0.29) is 0 Å². The number of guanidine groups is 1. The molecule has 4 heteroatoms.